The summed E-state index contributed by atoms with van der Waals surface area (Å²) in [6.45, 7) is 0. The molecule has 3 aromatic rings. The molecule has 21 heavy (non-hydrogen) atoms. The molecule has 0 radical (unpaired) electrons. The molecule has 0 spiro atoms. The summed E-state index contributed by atoms with van der Waals surface area (Å²) in [5.74, 6) is -1.53. The van der Waals surface area contributed by atoms with Crippen LogP contribution in [0, 0.1) is 17.1 Å². The quantitative estimate of drug-likeness (QED) is 0.666. The molecule has 1 unspecified atom stereocenters. The minimum atomic E-state index is -0.904. The van der Waals surface area contributed by atoms with Crippen molar-refractivity contribution < 1.29 is 9.18 Å². The highest BCUT2D eigenvalue weighted by atomic mass is 32.1. The molecule has 3 rings (SSSR count). The lowest BCUT2D eigenvalue weighted by Crippen LogP contribution is -2.09. The Morgan fingerprint density at radius 1 is 1.14 bits per heavy atom. The van der Waals surface area contributed by atoms with E-state index in [2.05, 4.69) is 0 Å². The maximum Gasteiger partial charge on any atom is 0.194 e. The Morgan fingerprint density at radius 3 is 2.52 bits per heavy atom. The fourth-order valence-electron chi connectivity index (χ4n) is 2.19. The first-order valence-corrected chi connectivity index (χ1v) is 7.18. The van der Waals surface area contributed by atoms with Crippen molar-refractivity contribution in [2.75, 3.05) is 0 Å². The van der Waals surface area contributed by atoms with Crippen molar-refractivity contribution in [2.24, 2.45) is 0 Å². The molecule has 2 aromatic carbocycles. The van der Waals surface area contributed by atoms with Gasteiger partial charge in [-0.05, 0) is 35.2 Å². The van der Waals surface area contributed by atoms with Crippen LogP contribution >= 0.6 is 11.3 Å². The van der Waals surface area contributed by atoms with Gasteiger partial charge in [0.25, 0.3) is 0 Å². The maximum absolute atomic E-state index is 13.0. The predicted molar refractivity (Wildman–Crippen MR) is 80.9 cm³/mol. The smallest absolute Gasteiger partial charge is 0.194 e. The molecule has 0 aliphatic heterocycles. The number of thiophene rings is 1. The molecule has 1 aromatic heterocycles. The number of hydrogen-bond acceptors (Lipinski definition) is 3. The van der Waals surface area contributed by atoms with Crippen LogP contribution in [-0.2, 0) is 0 Å². The molecule has 0 aliphatic rings. The number of carbonyl (C=O) groups excluding carboxylic acids is 1. The lowest BCUT2D eigenvalue weighted by molar-refractivity contribution is 0.0983. The molecule has 1 atom stereocenters. The molecule has 0 aliphatic carbocycles. The van der Waals surface area contributed by atoms with Gasteiger partial charge in [-0.3, -0.25) is 4.79 Å². The number of nitriles is 1. The zero-order valence-electron chi connectivity index (χ0n) is 10.9. The van der Waals surface area contributed by atoms with E-state index in [1.807, 2.05) is 30.3 Å². The number of Topliss-reactive ketones (excluding diaryl/α,β-unsaturated/α-hetero) is 1. The van der Waals surface area contributed by atoms with Gasteiger partial charge in [0.05, 0.1) is 10.9 Å². The first kappa shape index (κ1) is 13.5. The fraction of sp³-hybridized carbons (Fsp3) is 0.0588. The highest BCUT2D eigenvalue weighted by Gasteiger charge is 2.23. The zero-order valence-corrected chi connectivity index (χ0v) is 11.7. The number of benzene rings is 2. The average Bonchev–Trinajstić information content (AvgIpc) is 2.93. The van der Waals surface area contributed by atoms with Crippen LogP contribution in [0.4, 0.5) is 4.39 Å². The topological polar surface area (TPSA) is 40.9 Å². The van der Waals surface area contributed by atoms with Gasteiger partial charge < -0.3 is 0 Å². The summed E-state index contributed by atoms with van der Waals surface area (Å²) >= 11 is 1.37. The van der Waals surface area contributed by atoms with Crippen molar-refractivity contribution in [3.8, 4) is 6.07 Å². The Hall–Kier alpha value is -2.51. The van der Waals surface area contributed by atoms with E-state index in [0.717, 1.165) is 10.1 Å². The van der Waals surface area contributed by atoms with Gasteiger partial charge in [-0.2, -0.15) is 5.26 Å². The van der Waals surface area contributed by atoms with Crippen LogP contribution in [0.2, 0.25) is 0 Å². The van der Waals surface area contributed by atoms with Crippen molar-refractivity contribution in [3.63, 3.8) is 0 Å². The second kappa shape index (κ2) is 5.47. The minimum absolute atomic E-state index is 0.245. The first-order chi connectivity index (χ1) is 10.2. The SMILES string of the molecule is N#CC(C(=O)c1cc2ccccc2s1)c1ccc(F)cc1. The molecule has 0 fully saturated rings. The van der Waals surface area contributed by atoms with Gasteiger partial charge >= 0.3 is 0 Å². The third-order valence-electron chi connectivity index (χ3n) is 3.26. The van der Waals surface area contributed by atoms with E-state index < -0.39 is 5.92 Å². The largest absolute Gasteiger partial charge is 0.291 e. The monoisotopic (exact) mass is 295 g/mol. The van der Waals surface area contributed by atoms with E-state index in [4.69, 9.17) is 0 Å². The number of carbonyl (C=O) groups is 1. The van der Waals surface area contributed by atoms with Crippen LogP contribution in [0.5, 0.6) is 0 Å². The van der Waals surface area contributed by atoms with Crippen molar-refractivity contribution in [1.29, 1.82) is 5.26 Å². The molecular formula is C17H10FNOS. The fourth-order valence-corrected chi connectivity index (χ4v) is 3.22. The van der Waals surface area contributed by atoms with Crippen LogP contribution in [0.3, 0.4) is 0 Å². The Bertz CT molecular complexity index is 812. The summed E-state index contributed by atoms with van der Waals surface area (Å²) in [4.78, 5) is 13.1. The average molecular weight is 295 g/mol. The summed E-state index contributed by atoms with van der Waals surface area (Å²) < 4.78 is 14.0. The first-order valence-electron chi connectivity index (χ1n) is 6.37. The van der Waals surface area contributed by atoms with Gasteiger partial charge in [-0.25, -0.2) is 4.39 Å². The number of ketones is 1. The van der Waals surface area contributed by atoms with Gasteiger partial charge in [-0.15, -0.1) is 11.3 Å². The number of rotatable bonds is 3. The molecule has 0 bridgehead atoms. The highest BCUT2D eigenvalue weighted by molar-refractivity contribution is 7.20. The van der Waals surface area contributed by atoms with E-state index >= 15 is 0 Å². The number of hydrogen-bond donors (Lipinski definition) is 0. The summed E-state index contributed by atoms with van der Waals surface area (Å²) in [7, 11) is 0. The summed E-state index contributed by atoms with van der Waals surface area (Å²) in [6, 6.07) is 17.0. The standard InChI is InChI=1S/C17H10FNOS/c18-13-7-5-11(6-8-13)14(10-19)17(20)16-9-12-3-1-2-4-15(12)21-16/h1-9,14H. The summed E-state index contributed by atoms with van der Waals surface area (Å²) in [5, 5.41) is 10.3. The predicted octanol–water partition coefficient (Wildman–Crippen LogP) is 4.53. The number of fused-ring (bicyclic) bond motifs is 1. The van der Waals surface area contributed by atoms with Gasteiger partial charge in [0.15, 0.2) is 5.78 Å². The summed E-state index contributed by atoms with van der Waals surface area (Å²) in [5.41, 5.74) is 0.515. The molecule has 2 nitrogen and oxygen atoms in total. The molecule has 1 heterocycles. The van der Waals surface area contributed by atoms with Crippen LogP contribution in [0.15, 0.2) is 54.6 Å². The number of halogens is 1. The van der Waals surface area contributed by atoms with Crippen LogP contribution < -0.4 is 0 Å². The molecule has 0 amide bonds. The van der Waals surface area contributed by atoms with E-state index in [9.17, 15) is 14.4 Å². The van der Waals surface area contributed by atoms with Gasteiger partial charge in [0.2, 0.25) is 0 Å². The van der Waals surface area contributed by atoms with Crippen molar-refractivity contribution in [2.45, 2.75) is 5.92 Å². The Kier molecular flexibility index (Phi) is 3.51. The van der Waals surface area contributed by atoms with Gasteiger partial charge in [-0.1, -0.05) is 30.3 Å². The van der Waals surface area contributed by atoms with E-state index in [1.165, 1.54) is 35.6 Å². The van der Waals surface area contributed by atoms with E-state index in [-0.39, 0.29) is 11.6 Å². The molecule has 0 N–H and O–H groups in total. The molecule has 0 saturated heterocycles. The third kappa shape index (κ3) is 2.56. The summed E-state index contributed by atoms with van der Waals surface area (Å²) in [6.07, 6.45) is 0. The Balaban J connectivity index is 1.99. The number of nitrogens with zero attached hydrogens (tertiary/aromatic N) is 1. The molecular weight excluding hydrogens is 285 g/mol. The van der Waals surface area contributed by atoms with Gasteiger partial charge in [0.1, 0.15) is 11.7 Å². The second-order valence-corrected chi connectivity index (χ2v) is 5.71. The minimum Gasteiger partial charge on any atom is -0.291 e. The highest BCUT2D eigenvalue weighted by Crippen LogP contribution is 2.30. The van der Waals surface area contributed by atoms with Crippen LogP contribution in [0.1, 0.15) is 21.2 Å². The van der Waals surface area contributed by atoms with Crippen LogP contribution in [-0.4, -0.2) is 5.78 Å². The lowest BCUT2D eigenvalue weighted by Gasteiger charge is -2.06. The lowest BCUT2D eigenvalue weighted by atomic mass is 9.95. The molecule has 0 saturated carbocycles. The van der Waals surface area contributed by atoms with Crippen molar-refractivity contribution in [3.05, 3.63) is 70.9 Å². The third-order valence-corrected chi connectivity index (χ3v) is 4.39. The van der Waals surface area contributed by atoms with E-state index in [0.29, 0.717) is 10.4 Å². The normalized spacial score (nSPS) is 12.0. The molecule has 4 heteroatoms. The van der Waals surface area contributed by atoms with Crippen molar-refractivity contribution >= 4 is 27.2 Å². The van der Waals surface area contributed by atoms with E-state index in [1.54, 1.807) is 6.07 Å². The molecule has 102 valence electrons. The van der Waals surface area contributed by atoms with Crippen molar-refractivity contribution in [1.82, 2.24) is 0 Å². The van der Waals surface area contributed by atoms with Crippen LogP contribution in [0.25, 0.3) is 10.1 Å². The Morgan fingerprint density at radius 2 is 1.86 bits per heavy atom. The Labute approximate surface area is 125 Å². The van der Waals surface area contributed by atoms with Gasteiger partial charge in [0, 0.05) is 4.70 Å². The second-order valence-electron chi connectivity index (χ2n) is 4.63. The zero-order chi connectivity index (χ0) is 14.8. The maximum atomic E-state index is 13.0.